The first kappa shape index (κ1) is 15.4. The van der Waals surface area contributed by atoms with E-state index in [4.69, 9.17) is 9.47 Å². The third kappa shape index (κ3) is 3.26. The van der Waals surface area contributed by atoms with Crippen molar-refractivity contribution in [3.8, 4) is 22.9 Å². The maximum absolute atomic E-state index is 11.3. The van der Waals surface area contributed by atoms with Crippen molar-refractivity contribution in [2.45, 2.75) is 19.6 Å². The van der Waals surface area contributed by atoms with E-state index in [2.05, 4.69) is 30.1 Å². The molecule has 2 aromatic carbocycles. The van der Waals surface area contributed by atoms with Gasteiger partial charge in [0.1, 0.15) is 12.4 Å². The van der Waals surface area contributed by atoms with Crippen molar-refractivity contribution in [2.24, 2.45) is 0 Å². The van der Waals surface area contributed by atoms with Crippen LogP contribution in [0.4, 0.5) is 0 Å². The number of aryl methyl sites for hydroxylation is 1. The zero-order chi connectivity index (χ0) is 17.2. The van der Waals surface area contributed by atoms with Crippen molar-refractivity contribution in [2.75, 3.05) is 6.61 Å². The van der Waals surface area contributed by atoms with Gasteiger partial charge in [0, 0.05) is 12.3 Å². The Bertz CT molecular complexity index is 951. The standard InChI is InChI=1S/C20H18N2O3/c1-14-11-16(7-8-18(14)15-5-3-2-4-6-15)24-13-17-12-22-10-9-19(23)21-20(22)25-17/h2-11,17H,12-13H2,1H3/t17-/m0/s1. The summed E-state index contributed by atoms with van der Waals surface area (Å²) in [6, 6.07) is 18.1. The molecule has 0 saturated carbocycles. The monoisotopic (exact) mass is 334 g/mol. The molecule has 4 rings (SSSR count). The highest BCUT2D eigenvalue weighted by Crippen LogP contribution is 2.27. The molecule has 126 valence electrons. The Kier molecular flexibility index (Phi) is 3.98. The Balaban J connectivity index is 1.43. The first-order chi connectivity index (χ1) is 12.2. The van der Waals surface area contributed by atoms with Crippen molar-refractivity contribution in [1.82, 2.24) is 9.55 Å². The van der Waals surface area contributed by atoms with Crippen LogP contribution in [0, 0.1) is 6.92 Å². The highest BCUT2D eigenvalue weighted by molar-refractivity contribution is 5.67. The van der Waals surface area contributed by atoms with Gasteiger partial charge in [0.2, 0.25) is 0 Å². The summed E-state index contributed by atoms with van der Waals surface area (Å²) in [5.74, 6) is 0.805. The van der Waals surface area contributed by atoms with Crippen LogP contribution in [0.25, 0.3) is 11.1 Å². The fraction of sp³-hybridized carbons (Fsp3) is 0.200. The van der Waals surface area contributed by atoms with Crippen LogP contribution in [0.15, 0.2) is 65.6 Å². The summed E-state index contributed by atoms with van der Waals surface area (Å²) in [6.45, 7) is 3.11. The predicted octanol–water partition coefficient (Wildman–Crippen LogP) is 3.06. The summed E-state index contributed by atoms with van der Waals surface area (Å²) in [4.78, 5) is 15.1. The molecule has 0 bridgehead atoms. The van der Waals surface area contributed by atoms with E-state index < -0.39 is 0 Å². The van der Waals surface area contributed by atoms with Gasteiger partial charge in [0.15, 0.2) is 6.10 Å². The molecule has 3 aromatic rings. The number of rotatable bonds is 4. The van der Waals surface area contributed by atoms with Crippen LogP contribution in [0.3, 0.4) is 0 Å². The molecule has 1 aliphatic rings. The fourth-order valence-electron chi connectivity index (χ4n) is 3.00. The van der Waals surface area contributed by atoms with Crippen LogP contribution in [-0.4, -0.2) is 22.3 Å². The van der Waals surface area contributed by atoms with Gasteiger partial charge in [-0.1, -0.05) is 36.4 Å². The normalized spacial score (nSPS) is 15.5. The average Bonchev–Trinajstić information content (AvgIpc) is 3.03. The van der Waals surface area contributed by atoms with Crippen molar-refractivity contribution >= 4 is 0 Å². The summed E-state index contributed by atoms with van der Waals surface area (Å²) >= 11 is 0. The summed E-state index contributed by atoms with van der Waals surface area (Å²) in [5.41, 5.74) is 3.25. The van der Waals surface area contributed by atoms with Crippen LogP contribution in [-0.2, 0) is 6.54 Å². The van der Waals surface area contributed by atoms with Gasteiger partial charge in [-0.05, 0) is 35.7 Å². The molecule has 0 spiro atoms. The molecule has 5 heteroatoms. The molecule has 1 aliphatic heterocycles. The van der Waals surface area contributed by atoms with Gasteiger partial charge in [-0.25, -0.2) is 0 Å². The molecular formula is C20H18N2O3. The zero-order valence-corrected chi connectivity index (χ0v) is 13.9. The van der Waals surface area contributed by atoms with E-state index in [9.17, 15) is 4.79 Å². The van der Waals surface area contributed by atoms with E-state index in [1.165, 1.54) is 17.2 Å². The van der Waals surface area contributed by atoms with Crippen LogP contribution < -0.4 is 15.0 Å². The molecule has 0 aliphatic carbocycles. The Morgan fingerprint density at radius 1 is 1.20 bits per heavy atom. The lowest BCUT2D eigenvalue weighted by atomic mass is 10.0. The predicted molar refractivity (Wildman–Crippen MR) is 95.0 cm³/mol. The van der Waals surface area contributed by atoms with E-state index in [1.54, 1.807) is 6.20 Å². The minimum Gasteiger partial charge on any atom is -0.490 e. The van der Waals surface area contributed by atoms with Gasteiger partial charge >= 0.3 is 0 Å². The Labute approximate surface area is 145 Å². The SMILES string of the molecule is Cc1cc(OC[C@@H]2Cn3ccc(=O)nc3O2)ccc1-c1ccccc1. The number of fused-ring (bicyclic) bond motifs is 1. The number of hydrogen-bond donors (Lipinski definition) is 0. The van der Waals surface area contributed by atoms with E-state index in [1.807, 2.05) is 34.9 Å². The quantitative estimate of drug-likeness (QED) is 0.736. The van der Waals surface area contributed by atoms with Gasteiger partial charge < -0.3 is 9.47 Å². The first-order valence-corrected chi connectivity index (χ1v) is 8.22. The molecule has 0 amide bonds. The second kappa shape index (κ2) is 6.43. The fourth-order valence-corrected chi connectivity index (χ4v) is 3.00. The zero-order valence-electron chi connectivity index (χ0n) is 13.9. The largest absolute Gasteiger partial charge is 0.490 e. The molecule has 5 nitrogen and oxygen atoms in total. The van der Waals surface area contributed by atoms with Gasteiger partial charge in [-0.15, -0.1) is 0 Å². The summed E-state index contributed by atoms with van der Waals surface area (Å²) < 4.78 is 13.4. The van der Waals surface area contributed by atoms with E-state index in [0.29, 0.717) is 19.2 Å². The number of nitrogens with zero attached hydrogens (tertiary/aromatic N) is 2. The van der Waals surface area contributed by atoms with Crippen LogP contribution in [0.1, 0.15) is 5.56 Å². The smallest absolute Gasteiger partial charge is 0.300 e. The Morgan fingerprint density at radius 2 is 2.04 bits per heavy atom. The number of hydrogen-bond acceptors (Lipinski definition) is 4. The first-order valence-electron chi connectivity index (χ1n) is 8.22. The lowest BCUT2D eigenvalue weighted by Crippen LogP contribution is -2.23. The minimum absolute atomic E-state index is 0.150. The number of aromatic nitrogens is 2. The molecule has 0 saturated heterocycles. The molecule has 0 fully saturated rings. The van der Waals surface area contributed by atoms with Gasteiger partial charge in [-0.3, -0.25) is 9.36 Å². The lowest BCUT2D eigenvalue weighted by molar-refractivity contribution is 0.143. The van der Waals surface area contributed by atoms with E-state index in [0.717, 1.165) is 11.3 Å². The second-order valence-electron chi connectivity index (χ2n) is 6.09. The van der Waals surface area contributed by atoms with Gasteiger partial charge in [0.05, 0.1) is 6.54 Å². The number of benzene rings is 2. The van der Waals surface area contributed by atoms with E-state index in [-0.39, 0.29) is 11.7 Å². The van der Waals surface area contributed by atoms with Crippen LogP contribution in [0.5, 0.6) is 11.8 Å². The summed E-state index contributed by atoms with van der Waals surface area (Å²) in [6.07, 6.45) is 1.55. The maximum atomic E-state index is 11.3. The highest BCUT2D eigenvalue weighted by Gasteiger charge is 2.23. The van der Waals surface area contributed by atoms with E-state index >= 15 is 0 Å². The van der Waals surface area contributed by atoms with Crippen LogP contribution in [0.2, 0.25) is 0 Å². The third-order valence-electron chi connectivity index (χ3n) is 4.24. The Hall–Kier alpha value is -3.08. The molecule has 1 aromatic heterocycles. The topological polar surface area (TPSA) is 53.4 Å². The lowest BCUT2D eigenvalue weighted by Gasteiger charge is -2.13. The summed E-state index contributed by atoms with van der Waals surface area (Å²) in [5, 5.41) is 0. The van der Waals surface area contributed by atoms with Crippen molar-refractivity contribution in [1.29, 1.82) is 0 Å². The highest BCUT2D eigenvalue weighted by atomic mass is 16.6. The van der Waals surface area contributed by atoms with Gasteiger partial charge in [0.25, 0.3) is 11.6 Å². The molecule has 2 heterocycles. The third-order valence-corrected chi connectivity index (χ3v) is 4.24. The molecule has 0 unspecified atom stereocenters. The van der Waals surface area contributed by atoms with Gasteiger partial charge in [-0.2, -0.15) is 4.98 Å². The minimum atomic E-state index is -0.292. The van der Waals surface area contributed by atoms with Crippen molar-refractivity contribution in [3.05, 3.63) is 76.7 Å². The molecule has 1 atom stereocenters. The van der Waals surface area contributed by atoms with Crippen LogP contribution >= 0.6 is 0 Å². The number of ether oxygens (including phenoxy) is 2. The second-order valence-corrected chi connectivity index (χ2v) is 6.09. The average molecular weight is 334 g/mol. The Morgan fingerprint density at radius 3 is 2.84 bits per heavy atom. The summed E-state index contributed by atoms with van der Waals surface area (Å²) in [7, 11) is 0. The molecule has 0 radical (unpaired) electrons. The molecule has 0 N–H and O–H groups in total. The van der Waals surface area contributed by atoms with Crippen molar-refractivity contribution in [3.63, 3.8) is 0 Å². The maximum Gasteiger partial charge on any atom is 0.300 e. The molecule has 25 heavy (non-hydrogen) atoms. The molecular weight excluding hydrogens is 316 g/mol. The van der Waals surface area contributed by atoms with Crippen molar-refractivity contribution < 1.29 is 9.47 Å².